The lowest BCUT2D eigenvalue weighted by Gasteiger charge is -2.14. The van der Waals surface area contributed by atoms with Gasteiger partial charge in [0.05, 0.1) is 11.2 Å². The van der Waals surface area contributed by atoms with Crippen LogP contribution in [0.15, 0.2) is 84.9 Å². The molecule has 2 aromatic heterocycles. The van der Waals surface area contributed by atoms with Gasteiger partial charge < -0.3 is 4.74 Å². The van der Waals surface area contributed by atoms with Gasteiger partial charge in [-0.15, -0.1) is 10.2 Å². The Bertz CT molecular complexity index is 1330. The Balaban J connectivity index is 1.18. The number of fused-ring (bicyclic) bond motifs is 1. The molecule has 1 N–H and O–H groups in total. The van der Waals surface area contributed by atoms with E-state index in [0.717, 1.165) is 40.8 Å². The molecule has 2 heterocycles. The summed E-state index contributed by atoms with van der Waals surface area (Å²) in [5, 5.41) is 15.3. The van der Waals surface area contributed by atoms with Crippen LogP contribution in [0, 0.1) is 0 Å². The second-order valence-corrected chi connectivity index (χ2v) is 8.23. The first-order valence-corrected chi connectivity index (χ1v) is 11.1. The van der Waals surface area contributed by atoms with Gasteiger partial charge >= 0.3 is 0 Å². The normalized spacial score (nSPS) is 12.0. The quantitative estimate of drug-likeness (QED) is 0.337. The number of ether oxygens (including phenoxy) is 1. The average molecular weight is 436 g/mol. The van der Waals surface area contributed by atoms with Crippen LogP contribution in [-0.4, -0.2) is 25.6 Å². The van der Waals surface area contributed by atoms with E-state index in [1.54, 1.807) is 0 Å². The SMILES string of the molecule is CC(CCc1ccc(-c2nn[nH]n2)cc1)c1cccc(OCc2ccc3ccccc3n2)c1. The van der Waals surface area contributed by atoms with Gasteiger partial charge in [0.25, 0.3) is 0 Å². The van der Waals surface area contributed by atoms with E-state index in [9.17, 15) is 0 Å². The molecule has 6 heteroatoms. The van der Waals surface area contributed by atoms with Gasteiger partial charge in [0, 0.05) is 10.9 Å². The first-order chi connectivity index (χ1) is 16.2. The van der Waals surface area contributed by atoms with Crippen molar-refractivity contribution < 1.29 is 4.74 Å². The molecule has 0 bridgehead atoms. The molecule has 1 atom stereocenters. The van der Waals surface area contributed by atoms with E-state index in [0.29, 0.717) is 18.3 Å². The molecule has 0 fully saturated rings. The molecule has 0 saturated carbocycles. The Morgan fingerprint density at radius 3 is 2.64 bits per heavy atom. The van der Waals surface area contributed by atoms with Gasteiger partial charge in [-0.3, -0.25) is 0 Å². The molecule has 164 valence electrons. The number of hydrogen-bond donors (Lipinski definition) is 1. The highest BCUT2D eigenvalue weighted by Crippen LogP contribution is 2.26. The molecule has 0 aliphatic carbocycles. The first-order valence-electron chi connectivity index (χ1n) is 11.1. The Morgan fingerprint density at radius 1 is 0.909 bits per heavy atom. The van der Waals surface area contributed by atoms with Gasteiger partial charge in [0.2, 0.25) is 5.82 Å². The summed E-state index contributed by atoms with van der Waals surface area (Å²) in [4.78, 5) is 4.70. The zero-order chi connectivity index (χ0) is 22.5. The number of aromatic nitrogens is 5. The van der Waals surface area contributed by atoms with Gasteiger partial charge in [-0.2, -0.15) is 5.21 Å². The zero-order valence-corrected chi connectivity index (χ0v) is 18.5. The van der Waals surface area contributed by atoms with Gasteiger partial charge in [-0.05, 0) is 59.4 Å². The number of H-pyrrole nitrogens is 1. The molecule has 1 unspecified atom stereocenters. The van der Waals surface area contributed by atoms with Crippen LogP contribution >= 0.6 is 0 Å². The maximum atomic E-state index is 6.06. The Kier molecular flexibility index (Phi) is 6.06. The zero-order valence-electron chi connectivity index (χ0n) is 18.5. The van der Waals surface area contributed by atoms with Crippen molar-refractivity contribution in [3.63, 3.8) is 0 Å². The van der Waals surface area contributed by atoms with E-state index in [1.165, 1.54) is 11.1 Å². The minimum absolute atomic E-state index is 0.421. The summed E-state index contributed by atoms with van der Waals surface area (Å²) in [6.45, 7) is 2.72. The van der Waals surface area contributed by atoms with E-state index in [2.05, 4.69) is 70.0 Å². The van der Waals surface area contributed by atoms with Crippen LogP contribution in [0.4, 0.5) is 0 Å². The predicted molar refractivity (Wildman–Crippen MR) is 129 cm³/mol. The average Bonchev–Trinajstić information content (AvgIpc) is 3.41. The number of rotatable bonds is 8. The van der Waals surface area contributed by atoms with E-state index in [1.807, 2.05) is 42.5 Å². The lowest BCUT2D eigenvalue weighted by molar-refractivity contribution is 0.301. The van der Waals surface area contributed by atoms with Crippen molar-refractivity contribution in [2.24, 2.45) is 0 Å². The summed E-state index contributed by atoms with van der Waals surface area (Å²) in [6, 6.07) is 29.0. The minimum Gasteiger partial charge on any atom is -0.487 e. The number of pyridine rings is 1. The summed E-state index contributed by atoms with van der Waals surface area (Å²) < 4.78 is 6.06. The standard InChI is InChI=1S/C27H25N5O/c1-19(9-10-20-11-13-22(14-12-20)27-29-31-32-30-27)23-6-4-7-25(17-23)33-18-24-16-15-21-5-2-3-8-26(21)28-24/h2-8,11-17,19H,9-10,18H2,1H3,(H,29,30,31,32). The fraction of sp³-hybridized carbons (Fsp3) is 0.185. The van der Waals surface area contributed by atoms with E-state index in [-0.39, 0.29) is 0 Å². The van der Waals surface area contributed by atoms with Crippen molar-refractivity contribution >= 4 is 10.9 Å². The highest BCUT2D eigenvalue weighted by atomic mass is 16.5. The number of aryl methyl sites for hydroxylation is 1. The summed E-state index contributed by atoms with van der Waals surface area (Å²) in [5.74, 6) is 1.91. The van der Waals surface area contributed by atoms with Crippen molar-refractivity contribution in [3.05, 3.63) is 102 Å². The van der Waals surface area contributed by atoms with Crippen molar-refractivity contribution in [3.8, 4) is 17.1 Å². The number of hydrogen-bond acceptors (Lipinski definition) is 5. The maximum absolute atomic E-state index is 6.06. The van der Waals surface area contributed by atoms with Crippen LogP contribution in [0.2, 0.25) is 0 Å². The summed E-state index contributed by atoms with van der Waals surface area (Å²) in [5.41, 5.74) is 5.46. The van der Waals surface area contributed by atoms with Crippen molar-refractivity contribution in [1.29, 1.82) is 0 Å². The van der Waals surface area contributed by atoms with Crippen LogP contribution in [0.25, 0.3) is 22.3 Å². The Morgan fingerprint density at radius 2 is 1.79 bits per heavy atom. The third-order valence-corrected chi connectivity index (χ3v) is 5.89. The Hall–Kier alpha value is -4.06. The highest BCUT2D eigenvalue weighted by molar-refractivity contribution is 5.78. The van der Waals surface area contributed by atoms with Crippen molar-refractivity contribution in [1.82, 2.24) is 25.6 Å². The van der Waals surface area contributed by atoms with Gasteiger partial charge in [-0.25, -0.2) is 4.98 Å². The lowest BCUT2D eigenvalue weighted by Crippen LogP contribution is -2.00. The molecule has 6 nitrogen and oxygen atoms in total. The number of aromatic amines is 1. The van der Waals surface area contributed by atoms with E-state index in [4.69, 9.17) is 9.72 Å². The van der Waals surface area contributed by atoms with E-state index >= 15 is 0 Å². The summed E-state index contributed by atoms with van der Waals surface area (Å²) in [6.07, 6.45) is 2.05. The molecule has 3 aromatic carbocycles. The topological polar surface area (TPSA) is 76.6 Å². The molecule has 5 rings (SSSR count). The van der Waals surface area contributed by atoms with Crippen LogP contribution in [0.5, 0.6) is 5.75 Å². The summed E-state index contributed by atoms with van der Waals surface area (Å²) in [7, 11) is 0. The molecule has 0 radical (unpaired) electrons. The molecule has 33 heavy (non-hydrogen) atoms. The van der Waals surface area contributed by atoms with Gasteiger partial charge in [0.1, 0.15) is 12.4 Å². The molecule has 0 spiro atoms. The monoisotopic (exact) mass is 435 g/mol. The predicted octanol–water partition coefficient (Wildman–Crippen LogP) is 5.73. The molecule has 0 aliphatic heterocycles. The van der Waals surface area contributed by atoms with Crippen molar-refractivity contribution in [2.75, 3.05) is 0 Å². The van der Waals surface area contributed by atoms with Crippen LogP contribution in [0.3, 0.4) is 0 Å². The minimum atomic E-state index is 0.421. The third-order valence-electron chi connectivity index (χ3n) is 5.89. The van der Waals surface area contributed by atoms with Crippen LogP contribution in [0.1, 0.15) is 36.1 Å². The molecule has 0 aliphatic rings. The van der Waals surface area contributed by atoms with Crippen LogP contribution in [-0.2, 0) is 13.0 Å². The van der Waals surface area contributed by atoms with Gasteiger partial charge in [-0.1, -0.05) is 67.6 Å². The Labute approximate surface area is 192 Å². The number of nitrogens with one attached hydrogen (secondary N) is 1. The molecular weight excluding hydrogens is 410 g/mol. The molecule has 0 amide bonds. The number of nitrogens with zero attached hydrogens (tertiary/aromatic N) is 4. The fourth-order valence-electron chi connectivity index (χ4n) is 3.91. The highest BCUT2D eigenvalue weighted by Gasteiger charge is 2.09. The second-order valence-electron chi connectivity index (χ2n) is 8.23. The number of tetrazole rings is 1. The third kappa shape index (κ3) is 5.06. The number of para-hydroxylation sites is 1. The first kappa shape index (κ1) is 20.8. The number of benzene rings is 3. The molecule has 5 aromatic rings. The maximum Gasteiger partial charge on any atom is 0.204 e. The fourth-order valence-corrected chi connectivity index (χ4v) is 3.91. The van der Waals surface area contributed by atoms with E-state index < -0.39 is 0 Å². The van der Waals surface area contributed by atoms with Gasteiger partial charge in [0.15, 0.2) is 0 Å². The lowest BCUT2D eigenvalue weighted by atomic mass is 9.93. The smallest absolute Gasteiger partial charge is 0.204 e. The van der Waals surface area contributed by atoms with Crippen LogP contribution < -0.4 is 4.74 Å². The second kappa shape index (κ2) is 9.61. The summed E-state index contributed by atoms with van der Waals surface area (Å²) >= 11 is 0. The van der Waals surface area contributed by atoms with Crippen molar-refractivity contribution in [2.45, 2.75) is 32.3 Å². The molecule has 0 saturated heterocycles. The largest absolute Gasteiger partial charge is 0.487 e. The molecular formula is C27H25N5O.